The summed E-state index contributed by atoms with van der Waals surface area (Å²) in [6.07, 6.45) is 1.09. The molecule has 28 heavy (non-hydrogen) atoms. The van der Waals surface area contributed by atoms with Crippen molar-refractivity contribution in [3.05, 3.63) is 35.7 Å². The van der Waals surface area contributed by atoms with Crippen LogP contribution in [0.25, 0.3) is 0 Å². The number of anilines is 1. The molecule has 2 aromatic rings. The lowest BCUT2D eigenvalue weighted by molar-refractivity contribution is -0.115. The Morgan fingerprint density at radius 2 is 2.04 bits per heavy atom. The third-order valence-electron chi connectivity index (χ3n) is 4.59. The highest BCUT2D eigenvalue weighted by Gasteiger charge is 2.29. The van der Waals surface area contributed by atoms with Crippen molar-refractivity contribution < 1.29 is 22.0 Å². The van der Waals surface area contributed by atoms with Crippen LogP contribution in [-0.4, -0.2) is 45.8 Å². The number of carbonyl (C=O) groups excluding carboxylic acids is 1. The first-order valence-corrected chi connectivity index (χ1v) is 11.4. The van der Waals surface area contributed by atoms with Crippen LogP contribution < -0.4 is 5.32 Å². The van der Waals surface area contributed by atoms with Gasteiger partial charge in [0.05, 0.1) is 16.8 Å². The summed E-state index contributed by atoms with van der Waals surface area (Å²) in [6, 6.07) is 3.35. The summed E-state index contributed by atoms with van der Waals surface area (Å²) >= 11 is 1.10. The lowest BCUT2D eigenvalue weighted by Crippen LogP contribution is -2.24. The minimum atomic E-state index is -2.97. The Balaban J connectivity index is 1.63. The molecule has 2 heterocycles. The number of hydrogen-bond donors (Lipinski definition) is 1. The molecule has 1 amide bonds. The van der Waals surface area contributed by atoms with Crippen molar-refractivity contribution in [2.24, 2.45) is 13.0 Å². The molecule has 0 saturated carbocycles. The standard InChI is InChI=1S/C17H20F2N4O3S2/c1-10(16(24)20-15-12(18)4-3-5-13(15)19)27-17-22-21-14(23(17)2)8-11-6-7-28(25,26)9-11/h3-5,10-11H,6-9H2,1-2H3,(H,20,24). The Morgan fingerprint density at radius 1 is 1.36 bits per heavy atom. The average molecular weight is 431 g/mol. The number of rotatable bonds is 6. The van der Waals surface area contributed by atoms with Gasteiger partial charge in [0.2, 0.25) is 5.91 Å². The molecule has 1 aliphatic heterocycles. The summed E-state index contributed by atoms with van der Waals surface area (Å²) < 4.78 is 52.3. The van der Waals surface area contributed by atoms with Gasteiger partial charge in [0, 0.05) is 13.5 Å². The van der Waals surface area contributed by atoms with E-state index in [4.69, 9.17) is 0 Å². The second-order valence-corrected chi connectivity index (χ2v) is 10.3. The van der Waals surface area contributed by atoms with Crippen LogP contribution in [0.3, 0.4) is 0 Å². The maximum atomic E-state index is 13.7. The van der Waals surface area contributed by atoms with Gasteiger partial charge in [0.25, 0.3) is 0 Å². The number of nitrogens with one attached hydrogen (secondary N) is 1. The molecule has 0 aliphatic carbocycles. The molecule has 11 heteroatoms. The lowest BCUT2D eigenvalue weighted by atomic mass is 10.1. The SMILES string of the molecule is CC(Sc1nnc(CC2CCS(=O)(=O)C2)n1C)C(=O)Nc1c(F)cccc1F. The Labute approximate surface area is 165 Å². The van der Waals surface area contributed by atoms with E-state index in [1.165, 1.54) is 6.07 Å². The first kappa shape index (κ1) is 20.7. The molecule has 1 aliphatic rings. The Bertz CT molecular complexity index is 974. The van der Waals surface area contributed by atoms with Gasteiger partial charge in [-0.15, -0.1) is 10.2 Å². The van der Waals surface area contributed by atoms with E-state index in [1.807, 2.05) is 0 Å². The molecule has 3 rings (SSSR count). The van der Waals surface area contributed by atoms with Crippen LogP contribution in [0.2, 0.25) is 0 Å². The maximum absolute atomic E-state index is 13.7. The number of benzene rings is 1. The maximum Gasteiger partial charge on any atom is 0.237 e. The molecule has 152 valence electrons. The van der Waals surface area contributed by atoms with Gasteiger partial charge in [0.15, 0.2) is 15.0 Å². The molecule has 0 spiro atoms. The van der Waals surface area contributed by atoms with E-state index >= 15 is 0 Å². The molecular weight excluding hydrogens is 410 g/mol. The third kappa shape index (κ3) is 4.69. The van der Waals surface area contributed by atoms with Gasteiger partial charge < -0.3 is 9.88 Å². The topological polar surface area (TPSA) is 93.9 Å². The summed E-state index contributed by atoms with van der Waals surface area (Å²) in [5.41, 5.74) is -0.485. The predicted molar refractivity (Wildman–Crippen MR) is 102 cm³/mol. The highest BCUT2D eigenvalue weighted by atomic mass is 32.2. The van der Waals surface area contributed by atoms with Gasteiger partial charge in [0.1, 0.15) is 23.1 Å². The number of amides is 1. The Kier molecular flexibility index (Phi) is 6.04. The zero-order valence-electron chi connectivity index (χ0n) is 15.4. The van der Waals surface area contributed by atoms with Gasteiger partial charge in [-0.1, -0.05) is 17.8 Å². The second kappa shape index (κ2) is 8.16. The fraction of sp³-hybridized carbons (Fsp3) is 0.471. The predicted octanol–water partition coefficient (Wildman–Crippen LogP) is 2.19. The number of sulfone groups is 1. The molecule has 7 nitrogen and oxygen atoms in total. The van der Waals surface area contributed by atoms with Crippen molar-refractivity contribution in [2.45, 2.75) is 30.2 Å². The largest absolute Gasteiger partial charge is 0.320 e. The highest BCUT2D eigenvalue weighted by molar-refractivity contribution is 8.00. The number of hydrogen-bond acceptors (Lipinski definition) is 6. The van der Waals surface area contributed by atoms with Crippen LogP contribution in [0.15, 0.2) is 23.4 Å². The van der Waals surface area contributed by atoms with Crippen molar-refractivity contribution in [1.29, 1.82) is 0 Å². The van der Waals surface area contributed by atoms with Crippen LogP contribution in [0.1, 0.15) is 19.2 Å². The van der Waals surface area contributed by atoms with Crippen LogP contribution in [0, 0.1) is 17.6 Å². The van der Waals surface area contributed by atoms with Crippen molar-refractivity contribution in [3.8, 4) is 0 Å². The number of carbonyl (C=O) groups is 1. The average Bonchev–Trinajstić information content (AvgIpc) is 3.14. The first-order valence-electron chi connectivity index (χ1n) is 8.66. The van der Waals surface area contributed by atoms with E-state index in [9.17, 15) is 22.0 Å². The van der Waals surface area contributed by atoms with Crippen molar-refractivity contribution in [3.63, 3.8) is 0 Å². The lowest BCUT2D eigenvalue weighted by Gasteiger charge is -2.13. The van der Waals surface area contributed by atoms with E-state index in [0.717, 1.165) is 23.9 Å². The van der Waals surface area contributed by atoms with Crippen LogP contribution in [0.4, 0.5) is 14.5 Å². The number of para-hydroxylation sites is 1. The van der Waals surface area contributed by atoms with Crippen LogP contribution in [-0.2, 0) is 28.1 Å². The van der Waals surface area contributed by atoms with Crippen molar-refractivity contribution >= 4 is 33.2 Å². The van der Waals surface area contributed by atoms with E-state index in [-0.39, 0.29) is 17.4 Å². The van der Waals surface area contributed by atoms with Crippen molar-refractivity contribution in [1.82, 2.24) is 14.8 Å². The molecular formula is C17H20F2N4O3S2. The first-order chi connectivity index (χ1) is 13.2. The van der Waals surface area contributed by atoms with E-state index in [1.54, 1.807) is 18.5 Å². The summed E-state index contributed by atoms with van der Waals surface area (Å²) in [5, 5.41) is 10.2. The molecule has 1 saturated heterocycles. The zero-order chi connectivity index (χ0) is 20.5. The molecule has 1 aromatic carbocycles. The second-order valence-electron chi connectivity index (χ2n) is 6.78. The van der Waals surface area contributed by atoms with Gasteiger partial charge in [-0.05, 0) is 31.4 Å². The molecule has 2 unspecified atom stereocenters. The van der Waals surface area contributed by atoms with E-state index < -0.39 is 38.3 Å². The molecule has 1 N–H and O–H groups in total. The molecule has 0 radical (unpaired) electrons. The Morgan fingerprint density at radius 3 is 2.64 bits per heavy atom. The van der Waals surface area contributed by atoms with E-state index in [2.05, 4.69) is 15.5 Å². The minimum Gasteiger partial charge on any atom is -0.320 e. The number of halogens is 2. The number of aromatic nitrogens is 3. The van der Waals surface area contributed by atoms with Gasteiger partial charge >= 0.3 is 0 Å². The minimum absolute atomic E-state index is 0.00973. The molecule has 1 aromatic heterocycles. The fourth-order valence-electron chi connectivity index (χ4n) is 2.97. The quantitative estimate of drug-likeness (QED) is 0.706. The monoisotopic (exact) mass is 430 g/mol. The Hall–Kier alpha value is -2.01. The zero-order valence-corrected chi connectivity index (χ0v) is 17.0. The van der Waals surface area contributed by atoms with Crippen molar-refractivity contribution in [2.75, 3.05) is 16.8 Å². The highest BCUT2D eigenvalue weighted by Crippen LogP contribution is 2.26. The summed E-state index contributed by atoms with van der Waals surface area (Å²) in [4.78, 5) is 12.3. The number of thioether (sulfide) groups is 1. The fourth-order valence-corrected chi connectivity index (χ4v) is 5.67. The third-order valence-corrected chi connectivity index (χ3v) is 7.56. The van der Waals surface area contributed by atoms with E-state index in [0.29, 0.717) is 23.8 Å². The van der Waals surface area contributed by atoms with Crippen LogP contribution >= 0.6 is 11.8 Å². The van der Waals surface area contributed by atoms with Crippen LogP contribution in [0.5, 0.6) is 0 Å². The van der Waals surface area contributed by atoms with Gasteiger partial charge in [-0.2, -0.15) is 0 Å². The molecule has 0 bridgehead atoms. The normalized spacial score (nSPS) is 19.5. The summed E-state index contributed by atoms with van der Waals surface area (Å²) in [7, 11) is -1.23. The summed E-state index contributed by atoms with van der Waals surface area (Å²) in [5.74, 6) is -1.28. The summed E-state index contributed by atoms with van der Waals surface area (Å²) in [6.45, 7) is 1.59. The smallest absolute Gasteiger partial charge is 0.237 e. The van der Waals surface area contributed by atoms with Gasteiger partial charge in [-0.3, -0.25) is 4.79 Å². The molecule has 1 fully saturated rings. The number of nitrogens with zero attached hydrogens (tertiary/aromatic N) is 3. The molecule has 2 atom stereocenters. The van der Waals surface area contributed by atoms with Gasteiger partial charge in [-0.25, -0.2) is 17.2 Å².